The lowest BCUT2D eigenvalue weighted by atomic mass is 10.1. The van der Waals surface area contributed by atoms with Crippen LogP contribution in [0.15, 0.2) is 48.5 Å². The second-order valence-corrected chi connectivity index (χ2v) is 6.40. The maximum Gasteiger partial charge on any atom is 0.254 e. The average molecular weight is 343 g/mol. The van der Waals surface area contributed by atoms with E-state index < -0.39 is 0 Å². The smallest absolute Gasteiger partial charge is 0.254 e. The van der Waals surface area contributed by atoms with Crippen molar-refractivity contribution in [2.75, 3.05) is 26.2 Å². The predicted octanol–water partition coefficient (Wildman–Crippen LogP) is 3.25. The molecule has 0 unspecified atom stereocenters. The second kappa shape index (κ2) is 7.05. The molecule has 2 aromatic rings. The van der Waals surface area contributed by atoms with E-state index in [9.17, 15) is 9.59 Å². The Labute approximate surface area is 146 Å². The number of carbonyl (C=O) groups is 2. The summed E-state index contributed by atoms with van der Waals surface area (Å²) in [6.45, 7) is 4.14. The number of amides is 2. The van der Waals surface area contributed by atoms with E-state index in [0.717, 1.165) is 5.56 Å². The lowest BCUT2D eigenvalue weighted by molar-refractivity contribution is 0.0535. The van der Waals surface area contributed by atoms with E-state index in [2.05, 4.69) is 0 Å². The molecule has 1 heterocycles. The van der Waals surface area contributed by atoms with Crippen molar-refractivity contribution in [2.24, 2.45) is 0 Å². The topological polar surface area (TPSA) is 40.6 Å². The zero-order chi connectivity index (χ0) is 17.1. The molecular weight excluding hydrogens is 324 g/mol. The Morgan fingerprint density at radius 3 is 1.92 bits per heavy atom. The lowest BCUT2D eigenvalue weighted by Crippen LogP contribution is -2.50. The van der Waals surface area contributed by atoms with Gasteiger partial charge in [0.2, 0.25) is 0 Å². The normalized spacial score (nSPS) is 14.6. The minimum Gasteiger partial charge on any atom is -0.335 e. The molecule has 2 amide bonds. The maximum absolute atomic E-state index is 12.5. The van der Waals surface area contributed by atoms with Gasteiger partial charge in [-0.3, -0.25) is 9.59 Å². The summed E-state index contributed by atoms with van der Waals surface area (Å²) in [4.78, 5) is 28.6. The molecule has 3 rings (SSSR count). The molecular formula is C19H19ClN2O2. The molecule has 1 saturated heterocycles. The van der Waals surface area contributed by atoms with Gasteiger partial charge < -0.3 is 9.80 Å². The van der Waals surface area contributed by atoms with Gasteiger partial charge in [-0.05, 0) is 37.3 Å². The minimum absolute atomic E-state index is 0.0184. The molecule has 1 aliphatic heterocycles. The molecule has 0 spiro atoms. The second-order valence-electron chi connectivity index (χ2n) is 5.96. The highest BCUT2D eigenvalue weighted by Crippen LogP contribution is 2.15. The number of rotatable bonds is 2. The number of piperazine rings is 1. The molecule has 0 radical (unpaired) electrons. The van der Waals surface area contributed by atoms with Crippen molar-refractivity contribution in [3.63, 3.8) is 0 Å². The van der Waals surface area contributed by atoms with Gasteiger partial charge in [-0.25, -0.2) is 0 Å². The summed E-state index contributed by atoms with van der Waals surface area (Å²) in [5.41, 5.74) is 2.40. The van der Waals surface area contributed by atoms with Crippen LogP contribution in [-0.2, 0) is 0 Å². The van der Waals surface area contributed by atoms with Crippen LogP contribution in [0, 0.1) is 6.92 Å². The monoisotopic (exact) mass is 342 g/mol. The average Bonchev–Trinajstić information content (AvgIpc) is 2.61. The fourth-order valence-corrected chi connectivity index (χ4v) is 2.99. The molecule has 1 fully saturated rings. The molecule has 0 bridgehead atoms. The van der Waals surface area contributed by atoms with Crippen molar-refractivity contribution in [1.29, 1.82) is 0 Å². The van der Waals surface area contributed by atoms with Crippen molar-refractivity contribution in [1.82, 2.24) is 9.80 Å². The molecule has 4 nitrogen and oxygen atoms in total. The number of hydrogen-bond donors (Lipinski definition) is 0. The molecule has 5 heteroatoms. The maximum atomic E-state index is 12.5. The van der Waals surface area contributed by atoms with Crippen molar-refractivity contribution in [3.05, 3.63) is 70.2 Å². The van der Waals surface area contributed by atoms with Gasteiger partial charge in [0.1, 0.15) is 0 Å². The third kappa shape index (κ3) is 3.60. The van der Waals surface area contributed by atoms with Gasteiger partial charge in [-0.1, -0.05) is 35.4 Å². The van der Waals surface area contributed by atoms with Crippen LogP contribution in [0.25, 0.3) is 0 Å². The van der Waals surface area contributed by atoms with Crippen molar-refractivity contribution in [2.45, 2.75) is 6.92 Å². The fraction of sp³-hybridized carbons (Fsp3) is 0.263. The fourth-order valence-electron chi connectivity index (χ4n) is 2.80. The van der Waals surface area contributed by atoms with Crippen LogP contribution in [0.3, 0.4) is 0 Å². The van der Waals surface area contributed by atoms with E-state index in [-0.39, 0.29) is 11.8 Å². The summed E-state index contributed by atoms with van der Waals surface area (Å²) in [6.07, 6.45) is 0. The third-order valence-electron chi connectivity index (χ3n) is 4.22. The Morgan fingerprint density at radius 2 is 1.38 bits per heavy atom. The Bertz CT molecular complexity index is 750. The van der Waals surface area contributed by atoms with Gasteiger partial charge in [0.25, 0.3) is 11.8 Å². The van der Waals surface area contributed by atoms with Gasteiger partial charge in [0.15, 0.2) is 0 Å². The van der Waals surface area contributed by atoms with Crippen molar-refractivity contribution < 1.29 is 9.59 Å². The molecule has 24 heavy (non-hydrogen) atoms. The molecule has 124 valence electrons. The first-order valence-electron chi connectivity index (χ1n) is 7.95. The molecule has 0 N–H and O–H groups in total. The SMILES string of the molecule is Cc1ccc(C(=O)N2CCN(C(=O)c3cccc(Cl)c3)CC2)cc1. The van der Waals surface area contributed by atoms with E-state index in [0.29, 0.717) is 42.3 Å². The zero-order valence-electron chi connectivity index (χ0n) is 13.5. The van der Waals surface area contributed by atoms with Crippen LogP contribution in [0.4, 0.5) is 0 Å². The number of carbonyl (C=O) groups excluding carboxylic acids is 2. The summed E-state index contributed by atoms with van der Waals surface area (Å²) in [5.74, 6) is -0.0233. The molecule has 0 aromatic heterocycles. The Kier molecular flexibility index (Phi) is 4.86. The summed E-state index contributed by atoms with van der Waals surface area (Å²) in [5, 5.41) is 0.550. The molecule has 2 aromatic carbocycles. The third-order valence-corrected chi connectivity index (χ3v) is 4.46. The van der Waals surface area contributed by atoms with Gasteiger partial charge >= 0.3 is 0 Å². The molecule has 0 aliphatic carbocycles. The standard InChI is InChI=1S/C19H19ClN2O2/c1-14-5-7-15(8-6-14)18(23)21-9-11-22(12-10-21)19(24)16-3-2-4-17(20)13-16/h2-8,13H,9-12H2,1H3. The molecule has 0 atom stereocenters. The van der Waals surface area contributed by atoms with E-state index in [1.54, 1.807) is 34.1 Å². The summed E-state index contributed by atoms with van der Waals surface area (Å²) >= 11 is 5.95. The minimum atomic E-state index is -0.0417. The van der Waals surface area contributed by atoms with Crippen molar-refractivity contribution in [3.8, 4) is 0 Å². The van der Waals surface area contributed by atoms with Gasteiger partial charge in [-0.15, -0.1) is 0 Å². The molecule has 1 aliphatic rings. The Hall–Kier alpha value is -2.33. The van der Waals surface area contributed by atoms with Crippen LogP contribution in [-0.4, -0.2) is 47.8 Å². The summed E-state index contributed by atoms with van der Waals surface area (Å²) in [7, 11) is 0. The largest absolute Gasteiger partial charge is 0.335 e. The lowest BCUT2D eigenvalue weighted by Gasteiger charge is -2.35. The first-order chi connectivity index (χ1) is 11.5. The number of benzene rings is 2. The number of nitrogens with zero attached hydrogens (tertiary/aromatic N) is 2. The van der Waals surface area contributed by atoms with Gasteiger partial charge in [0.05, 0.1) is 0 Å². The van der Waals surface area contributed by atoms with Gasteiger partial charge in [-0.2, -0.15) is 0 Å². The van der Waals surface area contributed by atoms with E-state index >= 15 is 0 Å². The van der Waals surface area contributed by atoms with Crippen LogP contribution in [0.5, 0.6) is 0 Å². The van der Waals surface area contributed by atoms with E-state index in [1.807, 2.05) is 31.2 Å². The van der Waals surface area contributed by atoms with Crippen LogP contribution >= 0.6 is 11.6 Å². The van der Waals surface area contributed by atoms with E-state index in [1.165, 1.54) is 0 Å². The zero-order valence-corrected chi connectivity index (χ0v) is 14.3. The van der Waals surface area contributed by atoms with Crippen molar-refractivity contribution >= 4 is 23.4 Å². The number of aryl methyl sites for hydroxylation is 1. The van der Waals surface area contributed by atoms with Gasteiger partial charge in [0, 0.05) is 42.3 Å². The highest BCUT2D eigenvalue weighted by molar-refractivity contribution is 6.30. The van der Waals surface area contributed by atoms with Crippen LogP contribution in [0.2, 0.25) is 5.02 Å². The first-order valence-corrected chi connectivity index (χ1v) is 8.33. The number of halogens is 1. The Morgan fingerprint density at radius 1 is 0.833 bits per heavy atom. The number of hydrogen-bond acceptors (Lipinski definition) is 2. The first kappa shape index (κ1) is 16.5. The highest BCUT2D eigenvalue weighted by Gasteiger charge is 2.25. The van der Waals surface area contributed by atoms with E-state index in [4.69, 9.17) is 11.6 Å². The van der Waals surface area contributed by atoms with Crippen LogP contribution < -0.4 is 0 Å². The summed E-state index contributed by atoms with van der Waals surface area (Å²) in [6, 6.07) is 14.5. The molecule has 0 saturated carbocycles. The van der Waals surface area contributed by atoms with Crippen LogP contribution in [0.1, 0.15) is 26.3 Å². The summed E-state index contributed by atoms with van der Waals surface area (Å²) < 4.78 is 0. The quantitative estimate of drug-likeness (QED) is 0.840. The highest BCUT2D eigenvalue weighted by atomic mass is 35.5. The predicted molar refractivity (Wildman–Crippen MR) is 94.4 cm³/mol. The Balaban J connectivity index is 1.62.